The number of nitrogens with zero attached hydrogens (tertiary/aromatic N) is 1. The first kappa shape index (κ1) is 11.2. The van der Waals surface area contributed by atoms with Gasteiger partial charge in [-0.05, 0) is 6.07 Å². The summed E-state index contributed by atoms with van der Waals surface area (Å²) in [5.74, 6) is -1.00. The van der Waals surface area contributed by atoms with Gasteiger partial charge in [0.25, 0.3) is 5.69 Å². The van der Waals surface area contributed by atoms with Gasteiger partial charge in [-0.1, -0.05) is 0 Å². The Bertz CT molecular complexity index is 426. The van der Waals surface area contributed by atoms with Crippen molar-refractivity contribution in [2.45, 2.75) is 6.92 Å². The molecule has 0 saturated heterocycles. The summed E-state index contributed by atoms with van der Waals surface area (Å²) in [6.45, 7) is 1.32. The van der Waals surface area contributed by atoms with E-state index in [9.17, 15) is 14.7 Å². The van der Waals surface area contributed by atoms with Gasteiger partial charge >= 0.3 is 11.8 Å². The maximum atomic E-state index is 11.3. The van der Waals surface area contributed by atoms with E-state index >= 15 is 0 Å². The summed E-state index contributed by atoms with van der Waals surface area (Å²) in [6.07, 6.45) is 0. The van der Waals surface area contributed by atoms with Crippen LogP contribution >= 0.6 is 0 Å². The predicted molar refractivity (Wildman–Crippen MR) is 50.6 cm³/mol. The molecule has 0 saturated carbocycles. The zero-order valence-electron chi connectivity index (χ0n) is 8.77. The third kappa shape index (κ3) is 1.96. The van der Waals surface area contributed by atoms with E-state index in [4.69, 9.17) is 0 Å². The van der Waals surface area contributed by atoms with E-state index in [1.54, 1.807) is 0 Å². The first-order valence-electron chi connectivity index (χ1n) is 4.30. The normalized spacial score (nSPS) is 9.80. The van der Waals surface area contributed by atoms with Crippen LogP contribution in [0.15, 0.2) is 12.1 Å². The summed E-state index contributed by atoms with van der Waals surface area (Å²) < 4.78 is 5.78. The van der Waals surface area contributed by atoms with Gasteiger partial charge in [0.15, 0.2) is 0 Å². The lowest BCUT2D eigenvalue weighted by Gasteiger charge is -2.03. The number of methoxy groups -OCH3 is 1. The van der Waals surface area contributed by atoms with Crippen molar-refractivity contribution in [3.63, 3.8) is 0 Å². The zero-order valence-corrected chi connectivity index (χ0v) is 8.77. The van der Waals surface area contributed by atoms with Gasteiger partial charge in [-0.15, -0.1) is 0 Å². The Kier molecular flexibility index (Phi) is 3.04. The van der Waals surface area contributed by atoms with Gasteiger partial charge in [0.1, 0.15) is 12.6 Å². The smallest absolute Gasteiger partial charge is 0.365 e. The minimum Gasteiger partial charge on any atom is -0.465 e. The van der Waals surface area contributed by atoms with E-state index in [0.29, 0.717) is 0 Å². The van der Waals surface area contributed by atoms with Crippen LogP contribution in [0, 0.1) is 0 Å². The second-order valence-electron chi connectivity index (χ2n) is 3.06. The summed E-state index contributed by atoms with van der Waals surface area (Å²) >= 11 is 0. The maximum Gasteiger partial charge on any atom is 0.365 e. The molecule has 0 atom stereocenters. The molecule has 1 aromatic rings. The van der Waals surface area contributed by atoms with Crippen LogP contribution in [0.5, 0.6) is 5.88 Å². The molecule has 0 unspecified atom stereocenters. The Morgan fingerprint density at radius 2 is 2.00 bits per heavy atom. The summed E-state index contributed by atoms with van der Waals surface area (Å²) in [7, 11) is 2.73. The van der Waals surface area contributed by atoms with Crippen LogP contribution in [-0.4, -0.2) is 24.0 Å². The van der Waals surface area contributed by atoms with E-state index in [1.165, 1.54) is 37.8 Å². The van der Waals surface area contributed by atoms with Crippen molar-refractivity contribution in [1.29, 1.82) is 0 Å². The van der Waals surface area contributed by atoms with Crippen molar-refractivity contribution in [2.75, 3.05) is 7.11 Å². The average molecular weight is 210 g/mol. The Balaban J connectivity index is 3.46. The molecule has 5 nitrogen and oxygen atoms in total. The van der Waals surface area contributed by atoms with Crippen LogP contribution in [0.1, 0.15) is 27.8 Å². The first-order chi connectivity index (χ1) is 6.99. The van der Waals surface area contributed by atoms with Crippen LogP contribution in [0.2, 0.25) is 0 Å². The largest absolute Gasteiger partial charge is 0.465 e. The highest BCUT2D eigenvalue weighted by Gasteiger charge is 2.26. The molecule has 1 heterocycles. The standard InChI is InChI=1S/C10H11NO4/c1-6(12)9-7(10(14)15-3)4-5-8(13)11(9)2/h4-5H,1-3H3/p+1. The minimum absolute atomic E-state index is 0.0900. The summed E-state index contributed by atoms with van der Waals surface area (Å²) in [4.78, 5) is 22.7. The zero-order chi connectivity index (χ0) is 11.6. The number of rotatable bonds is 2. The third-order valence-electron chi connectivity index (χ3n) is 2.07. The van der Waals surface area contributed by atoms with Gasteiger partial charge in [0.2, 0.25) is 5.78 Å². The number of Topliss-reactive ketones (excluding diaryl/α,β-unsaturated/α-hetero) is 1. The van der Waals surface area contributed by atoms with Crippen LogP contribution in [0.3, 0.4) is 0 Å². The Morgan fingerprint density at radius 3 is 2.47 bits per heavy atom. The third-order valence-corrected chi connectivity index (χ3v) is 2.07. The van der Waals surface area contributed by atoms with E-state index < -0.39 is 5.97 Å². The first-order valence-corrected chi connectivity index (χ1v) is 4.30. The minimum atomic E-state index is -0.601. The number of pyridine rings is 1. The average Bonchev–Trinajstić information content (AvgIpc) is 2.20. The molecule has 5 heteroatoms. The summed E-state index contributed by atoms with van der Waals surface area (Å²) in [6, 6.07) is 2.69. The van der Waals surface area contributed by atoms with Crippen molar-refractivity contribution >= 4 is 11.8 Å². The number of hydrogen-bond donors (Lipinski definition) is 1. The van der Waals surface area contributed by atoms with Crippen LogP contribution < -0.4 is 4.57 Å². The SMILES string of the molecule is COC(=O)c1ccc(O)[n+](C)c1C(C)=O. The summed E-state index contributed by atoms with van der Waals surface area (Å²) in [5.41, 5.74) is 0.271. The lowest BCUT2D eigenvalue weighted by atomic mass is 10.1. The fourth-order valence-electron chi connectivity index (χ4n) is 1.34. The van der Waals surface area contributed by atoms with E-state index in [0.717, 1.165) is 0 Å². The van der Waals surface area contributed by atoms with Crippen molar-refractivity contribution in [2.24, 2.45) is 7.05 Å². The second-order valence-corrected chi connectivity index (χ2v) is 3.06. The van der Waals surface area contributed by atoms with E-state index in [-0.39, 0.29) is 22.9 Å². The molecule has 0 aliphatic heterocycles. The molecule has 0 radical (unpaired) electrons. The van der Waals surface area contributed by atoms with Crippen LogP contribution in [-0.2, 0) is 11.8 Å². The molecular formula is C10H12NO4+. The Morgan fingerprint density at radius 1 is 1.40 bits per heavy atom. The molecule has 0 aliphatic rings. The number of hydrogen-bond acceptors (Lipinski definition) is 4. The predicted octanol–water partition coefficient (Wildman–Crippen LogP) is 0.206. The molecule has 80 valence electrons. The number of carbonyl (C=O) groups excluding carboxylic acids is 2. The molecule has 0 aliphatic carbocycles. The van der Waals surface area contributed by atoms with Crippen molar-refractivity contribution < 1.29 is 24.0 Å². The fourth-order valence-corrected chi connectivity index (χ4v) is 1.34. The van der Waals surface area contributed by atoms with Crippen LogP contribution in [0.25, 0.3) is 0 Å². The Labute approximate surface area is 86.9 Å². The van der Waals surface area contributed by atoms with E-state index in [1.807, 2.05) is 0 Å². The van der Waals surface area contributed by atoms with Crippen molar-refractivity contribution in [3.8, 4) is 5.88 Å². The number of esters is 1. The van der Waals surface area contributed by atoms with Crippen LogP contribution in [0.4, 0.5) is 0 Å². The molecule has 0 bridgehead atoms. The van der Waals surface area contributed by atoms with E-state index in [2.05, 4.69) is 4.74 Å². The van der Waals surface area contributed by atoms with Gasteiger partial charge in [-0.25, -0.2) is 4.79 Å². The molecule has 0 spiro atoms. The quantitative estimate of drug-likeness (QED) is 0.430. The lowest BCUT2D eigenvalue weighted by Crippen LogP contribution is -2.38. The molecule has 15 heavy (non-hydrogen) atoms. The molecule has 0 fully saturated rings. The molecule has 1 aromatic heterocycles. The number of aromatic nitrogens is 1. The highest BCUT2D eigenvalue weighted by Crippen LogP contribution is 2.11. The molecule has 1 N–H and O–H groups in total. The van der Waals surface area contributed by atoms with Gasteiger partial charge in [0.05, 0.1) is 13.2 Å². The van der Waals surface area contributed by atoms with Crippen molar-refractivity contribution in [1.82, 2.24) is 0 Å². The monoisotopic (exact) mass is 210 g/mol. The maximum absolute atomic E-state index is 11.3. The number of aromatic hydroxyl groups is 1. The number of ether oxygens (including phenoxy) is 1. The second kappa shape index (κ2) is 4.08. The topological polar surface area (TPSA) is 67.5 Å². The molecular weight excluding hydrogens is 198 g/mol. The van der Waals surface area contributed by atoms with Crippen molar-refractivity contribution in [3.05, 3.63) is 23.4 Å². The van der Waals surface area contributed by atoms with Gasteiger partial charge < -0.3 is 9.84 Å². The van der Waals surface area contributed by atoms with Gasteiger partial charge in [-0.3, -0.25) is 4.79 Å². The highest BCUT2D eigenvalue weighted by molar-refractivity contribution is 6.02. The molecule has 0 amide bonds. The fraction of sp³-hybridized carbons (Fsp3) is 0.300. The lowest BCUT2D eigenvalue weighted by molar-refractivity contribution is -0.679. The number of ketones is 1. The summed E-state index contributed by atoms with van der Waals surface area (Å²) in [5, 5.41) is 9.39. The Hall–Kier alpha value is -1.91. The van der Waals surface area contributed by atoms with Gasteiger partial charge in [-0.2, -0.15) is 4.57 Å². The number of carbonyl (C=O) groups is 2. The highest BCUT2D eigenvalue weighted by atomic mass is 16.5. The molecule has 1 rings (SSSR count). The molecule has 0 aromatic carbocycles. The van der Waals surface area contributed by atoms with Gasteiger partial charge in [0, 0.05) is 6.92 Å².